The molecular weight excluding hydrogens is 313 g/mol. The van der Waals surface area contributed by atoms with E-state index in [1.807, 2.05) is 0 Å². The minimum absolute atomic E-state index is 0. The Morgan fingerprint density at radius 3 is 2.95 bits per heavy atom. The summed E-state index contributed by atoms with van der Waals surface area (Å²) < 4.78 is 5.08. The van der Waals surface area contributed by atoms with Crippen molar-refractivity contribution in [2.75, 3.05) is 38.6 Å². The van der Waals surface area contributed by atoms with E-state index >= 15 is 0 Å². The summed E-state index contributed by atoms with van der Waals surface area (Å²) in [6.07, 6.45) is 0. The molecule has 0 bridgehead atoms. The van der Waals surface area contributed by atoms with Gasteiger partial charge >= 0.3 is 0 Å². The first kappa shape index (κ1) is 18.0. The number of hydrogen-bond acceptors (Lipinski definition) is 4. The van der Waals surface area contributed by atoms with Crippen molar-refractivity contribution >= 4 is 35.6 Å². The van der Waals surface area contributed by atoms with E-state index in [-0.39, 0.29) is 18.3 Å². The van der Waals surface area contributed by atoms with Gasteiger partial charge in [-0.25, -0.2) is 0 Å². The summed E-state index contributed by atoms with van der Waals surface area (Å²) in [4.78, 5) is 14.2. The fourth-order valence-corrected chi connectivity index (χ4v) is 2.50. The monoisotopic (exact) mass is 333 g/mol. The Morgan fingerprint density at radius 1 is 1.57 bits per heavy atom. The largest absolute Gasteiger partial charge is 0.495 e. The van der Waals surface area contributed by atoms with E-state index in [9.17, 15) is 4.79 Å². The Kier molecular flexibility index (Phi) is 7.25. The molecule has 2 N–H and O–H groups in total. The van der Waals surface area contributed by atoms with Crippen LogP contribution in [0, 0.1) is 0 Å². The average Bonchev–Trinajstić information content (AvgIpc) is 2.41. The number of nitrogens with zero attached hydrogens (tertiary/aromatic N) is 1. The molecule has 1 atom stereocenters. The number of benzene rings is 1. The van der Waals surface area contributed by atoms with Crippen molar-refractivity contribution < 1.29 is 9.53 Å². The highest BCUT2D eigenvalue weighted by atomic mass is 35.5. The predicted octanol–water partition coefficient (Wildman–Crippen LogP) is 2.00. The summed E-state index contributed by atoms with van der Waals surface area (Å²) in [6.45, 7) is 5.24. The molecule has 1 aliphatic heterocycles. The number of carbonyl (C=O) groups excluding carboxylic acids is 1. The zero-order valence-electron chi connectivity index (χ0n) is 12.2. The molecule has 5 nitrogen and oxygen atoms in total. The number of methoxy groups -OCH3 is 1. The highest BCUT2D eigenvalue weighted by Crippen LogP contribution is 2.27. The summed E-state index contributed by atoms with van der Waals surface area (Å²) in [7, 11) is 1.56. The summed E-state index contributed by atoms with van der Waals surface area (Å²) in [5, 5.41) is 6.65. The molecule has 0 aromatic heterocycles. The van der Waals surface area contributed by atoms with E-state index in [2.05, 4.69) is 22.5 Å². The van der Waals surface area contributed by atoms with Crippen LogP contribution in [0.5, 0.6) is 5.75 Å². The van der Waals surface area contributed by atoms with E-state index < -0.39 is 0 Å². The molecule has 1 heterocycles. The topological polar surface area (TPSA) is 53.6 Å². The van der Waals surface area contributed by atoms with Crippen molar-refractivity contribution in [1.29, 1.82) is 0 Å². The SMILES string of the molecule is COc1ccc(NC(=O)CN2CCNCC2C)cc1Cl.Cl. The van der Waals surface area contributed by atoms with E-state index in [0.717, 1.165) is 19.6 Å². The summed E-state index contributed by atoms with van der Waals surface area (Å²) >= 11 is 6.03. The van der Waals surface area contributed by atoms with Crippen molar-refractivity contribution in [3.63, 3.8) is 0 Å². The molecule has 1 unspecified atom stereocenters. The minimum atomic E-state index is -0.0278. The van der Waals surface area contributed by atoms with Gasteiger partial charge < -0.3 is 15.4 Å². The Morgan fingerprint density at radius 2 is 2.33 bits per heavy atom. The summed E-state index contributed by atoms with van der Waals surface area (Å²) in [5.74, 6) is 0.570. The van der Waals surface area contributed by atoms with Gasteiger partial charge in [-0.1, -0.05) is 11.6 Å². The Bertz CT molecular complexity index is 485. The Hall–Kier alpha value is -1.01. The number of hydrogen-bond donors (Lipinski definition) is 2. The number of piperazine rings is 1. The Balaban J connectivity index is 0.00000220. The number of halogens is 2. The van der Waals surface area contributed by atoms with Gasteiger partial charge in [-0.3, -0.25) is 9.69 Å². The van der Waals surface area contributed by atoms with Gasteiger partial charge in [0.25, 0.3) is 0 Å². The molecule has 1 fully saturated rings. The fourth-order valence-electron chi connectivity index (χ4n) is 2.25. The first-order chi connectivity index (χ1) is 9.60. The van der Waals surface area contributed by atoms with Gasteiger partial charge in [0.2, 0.25) is 5.91 Å². The molecule has 1 aliphatic rings. The van der Waals surface area contributed by atoms with Crippen LogP contribution < -0.4 is 15.4 Å². The number of ether oxygens (including phenoxy) is 1. The van der Waals surface area contributed by atoms with Crippen molar-refractivity contribution in [3.8, 4) is 5.75 Å². The van der Waals surface area contributed by atoms with Crippen molar-refractivity contribution in [3.05, 3.63) is 23.2 Å². The lowest BCUT2D eigenvalue weighted by molar-refractivity contribution is -0.118. The van der Waals surface area contributed by atoms with E-state index in [1.165, 1.54) is 0 Å². The normalized spacial score (nSPS) is 18.7. The third-order valence-corrected chi connectivity index (χ3v) is 3.72. The smallest absolute Gasteiger partial charge is 0.238 e. The summed E-state index contributed by atoms with van der Waals surface area (Å²) in [6, 6.07) is 5.59. The maximum absolute atomic E-state index is 12.0. The number of anilines is 1. The average molecular weight is 334 g/mol. The van der Waals surface area contributed by atoms with Crippen LogP contribution in [-0.4, -0.2) is 50.1 Å². The van der Waals surface area contributed by atoms with Gasteiger partial charge in [0.1, 0.15) is 5.75 Å². The van der Waals surface area contributed by atoms with Crippen LogP contribution in [-0.2, 0) is 4.79 Å². The van der Waals surface area contributed by atoms with Gasteiger partial charge in [0.15, 0.2) is 0 Å². The van der Waals surface area contributed by atoms with Crippen LogP contribution in [0.15, 0.2) is 18.2 Å². The number of carbonyl (C=O) groups is 1. The lowest BCUT2D eigenvalue weighted by Gasteiger charge is -2.33. The van der Waals surface area contributed by atoms with Gasteiger partial charge in [0.05, 0.1) is 18.7 Å². The maximum Gasteiger partial charge on any atom is 0.238 e. The quantitative estimate of drug-likeness (QED) is 0.884. The predicted molar refractivity (Wildman–Crippen MR) is 87.8 cm³/mol. The second kappa shape index (κ2) is 8.44. The molecule has 0 aliphatic carbocycles. The molecule has 0 spiro atoms. The van der Waals surface area contributed by atoms with E-state index in [0.29, 0.717) is 29.0 Å². The zero-order chi connectivity index (χ0) is 14.5. The Labute approximate surface area is 136 Å². The van der Waals surface area contributed by atoms with E-state index in [1.54, 1.807) is 25.3 Å². The van der Waals surface area contributed by atoms with Crippen molar-refractivity contribution in [2.45, 2.75) is 13.0 Å². The summed E-state index contributed by atoms with van der Waals surface area (Å²) in [5.41, 5.74) is 0.684. The molecule has 1 aromatic carbocycles. The van der Waals surface area contributed by atoms with Crippen LogP contribution in [0.1, 0.15) is 6.92 Å². The van der Waals surface area contributed by atoms with E-state index in [4.69, 9.17) is 16.3 Å². The third kappa shape index (κ3) is 5.04. The number of amides is 1. The highest BCUT2D eigenvalue weighted by Gasteiger charge is 2.20. The molecule has 0 radical (unpaired) electrons. The molecule has 1 saturated heterocycles. The van der Waals surface area contributed by atoms with Gasteiger partial charge in [-0.15, -0.1) is 12.4 Å². The standard InChI is InChI=1S/C14H20ClN3O2.ClH/c1-10-8-16-5-6-18(10)9-14(19)17-11-3-4-13(20-2)12(15)7-11;/h3-4,7,10,16H,5-6,8-9H2,1-2H3,(H,17,19);1H. The maximum atomic E-state index is 12.0. The van der Waals surface area contributed by atoms with Crippen LogP contribution in [0.4, 0.5) is 5.69 Å². The van der Waals surface area contributed by atoms with Crippen LogP contribution in [0.3, 0.4) is 0 Å². The molecular formula is C14H21Cl2N3O2. The first-order valence-corrected chi connectivity index (χ1v) is 7.06. The molecule has 0 saturated carbocycles. The minimum Gasteiger partial charge on any atom is -0.495 e. The van der Waals surface area contributed by atoms with Crippen LogP contribution in [0.2, 0.25) is 5.02 Å². The van der Waals surface area contributed by atoms with Crippen LogP contribution >= 0.6 is 24.0 Å². The second-order valence-electron chi connectivity index (χ2n) is 4.92. The van der Waals surface area contributed by atoms with Gasteiger partial charge in [-0.2, -0.15) is 0 Å². The molecule has 118 valence electrons. The first-order valence-electron chi connectivity index (χ1n) is 6.68. The third-order valence-electron chi connectivity index (χ3n) is 3.42. The van der Waals surface area contributed by atoms with Gasteiger partial charge in [0, 0.05) is 31.4 Å². The van der Waals surface area contributed by atoms with Crippen LogP contribution in [0.25, 0.3) is 0 Å². The molecule has 2 rings (SSSR count). The molecule has 1 amide bonds. The molecule has 1 aromatic rings. The second-order valence-corrected chi connectivity index (χ2v) is 5.33. The van der Waals surface area contributed by atoms with Gasteiger partial charge in [-0.05, 0) is 25.1 Å². The molecule has 21 heavy (non-hydrogen) atoms. The lowest BCUT2D eigenvalue weighted by atomic mass is 10.2. The number of nitrogens with one attached hydrogen (secondary N) is 2. The van der Waals surface area contributed by atoms with Crippen molar-refractivity contribution in [2.24, 2.45) is 0 Å². The molecule has 7 heteroatoms. The number of rotatable bonds is 4. The lowest BCUT2D eigenvalue weighted by Crippen LogP contribution is -2.51. The zero-order valence-corrected chi connectivity index (χ0v) is 13.8. The highest BCUT2D eigenvalue weighted by molar-refractivity contribution is 6.32. The van der Waals surface area contributed by atoms with Crippen molar-refractivity contribution in [1.82, 2.24) is 10.2 Å². The fraction of sp³-hybridized carbons (Fsp3) is 0.500.